The van der Waals surface area contributed by atoms with Crippen molar-refractivity contribution in [2.24, 2.45) is 0 Å². The number of ether oxygens (including phenoxy) is 4. The van der Waals surface area contributed by atoms with E-state index < -0.39 is 0 Å². The van der Waals surface area contributed by atoms with Crippen LogP contribution in [0.2, 0.25) is 0 Å². The predicted octanol–water partition coefficient (Wildman–Crippen LogP) is 35.2. The van der Waals surface area contributed by atoms with Crippen molar-refractivity contribution in [2.45, 2.75) is 478 Å². The minimum atomic E-state index is -0.278. The van der Waals surface area contributed by atoms with Gasteiger partial charge in [-0.05, 0) is 165 Å². The fourth-order valence-corrected chi connectivity index (χ4v) is 21.5. The van der Waals surface area contributed by atoms with Crippen molar-refractivity contribution >= 4 is 108 Å². The van der Waals surface area contributed by atoms with E-state index >= 15 is 19.2 Å². The molecule has 0 bridgehead atoms. The molecular weight excluding hydrogens is 1530 g/mol. The number of nitrogens with zero attached hydrogens (tertiary/aromatic N) is 2. The van der Waals surface area contributed by atoms with Gasteiger partial charge in [0, 0.05) is 55.2 Å². The number of aromatic nitrogens is 2. The lowest BCUT2D eigenvalue weighted by Crippen LogP contribution is -2.37. The molecule has 0 spiro atoms. The van der Waals surface area contributed by atoms with E-state index in [0.717, 1.165) is 255 Å². The molecule has 684 valence electrons. The zero-order valence-corrected chi connectivity index (χ0v) is 80.0. The normalized spacial score (nSPS) is 12.4. The molecule has 11 aromatic rings. The molecule has 11 rings (SSSR count). The summed E-state index contributed by atoms with van der Waals surface area (Å²) in [7, 11) is 0. The van der Waals surface area contributed by atoms with Gasteiger partial charge in [0.1, 0.15) is 0 Å². The zero-order chi connectivity index (χ0) is 87.0. The molecule has 0 saturated heterocycles. The first-order chi connectivity index (χ1) is 61.1. The number of fused-ring (bicyclic) bond motifs is 6. The first-order valence-electron chi connectivity index (χ1n) is 53.1. The smallest absolute Gasteiger partial charge is 0.261 e. The lowest BCUT2D eigenvalue weighted by molar-refractivity contribution is 0.259. The fourth-order valence-electron chi connectivity index (χ4n) is 21.5. The molecule has 0 atom stereocenters. The van der Waals surface area contributed by atoms with Gasteiger partial charge in [-0.1, -0.05) is 415 Å². The van der Waals surface area contributed by atoms with Crippen molar-refractivity contribution in [2.75, 3.05) is 26.4 Å². The first kappa shape index (κ1) is 97.9. The van der Waals surface area contributed by atoms with Gasteiger partial charge in [-0.15, -0.1) is 0 Å². The second-order valence-corrected chi connectivity index (χ2v) is 38.8. The van der Waals surface area contributed by atoms with Crippen LogP contribution in [0, 0.1) is 0 Å². The summed E-state index contributed by atoms with van der Waals surface area (Å²) >= 11 is 0. The van der Waals surface area contributed by atoms with E-state index in [1.165, 1.54) is 231 Å². The summed E-state index contributed by atoms with van der Waals surface area (Å²) in [5, 5.41) is 16.6. The van der Waals surface area contributed by atoms with Gasteiger partial charge in [-0.2, -0.15) is 0 Å². The van der Waals surface area contributed by atoms with Crippen LogP contribution in [-0.2, 0) is 0 Å². The standard InChI is InChI=1S/C114H170N2O8/c1-9-17-25-33-37-41-45-49-57-65-73-121-99-81-87-88(82-100(99)122-74-66-58-50-46-42-38-34-26-18-10-2)92-78-96-104-98(114(120)116(112(96)118)86(71-63-55-31-23-15-7)72-64-56-32-24-16-8)80-94-90-84-102(124-76-68-60-52-48-44-40-36-28-20-12-4)101(123-75-67-59-51-47-43-39-35-27-19-11-3)83-89(90)93-79-97-103-95(77-91(87)105-106(92)110(104)108(94)107(93)109(103)105)111(117)115(113(97)119)85(69-61-53-29-21-13-5)70-62-54-30-22-14-6/h77-86H,9-76H2,1-8H3. The molecule has 0 aliphatic heterocycles. The molecule has 2 aromatic heterocycles. The third-order valence-electron chi connectivity index (χ3n) is 28.8. The van der Waals surface area contributed by atoms with Crippen LogP contribution in [0.1, 0.15) is 478 Å². The van der Waals surface area contributed by atoms with Gasteiger partial charge in [0.2, 0.25) is 0 Å². The molecule has 2 heterocycles. The Morgan fingerprint density at radius 3 is 0.516 bits per heavy atom. The highest BCUT2D eigenvalue weighted by molar-refractivity contribution is 6.54. The van der Waals surface area contributed by atoms with E-state index in [2.05, 4.69) is 104 Å². The largest absolute Gasteiger partial charge is 0.490 e. The van der Waals surface area contributed by atoms with Gasteiger partial charge in [0.05, 0.1) is 26.4 Å². The lowest BCUT2D eigenvalue weighted by atomic mass is 9.77. The Hall–Kier alpha value is -6.68. The lowest BCUT2D eigenvalue weighted by Gasteiger charge is -2.28. The first-order valence-corrected chi connectivity index (χ1v) is 53.1. The Morgan fingerprint density at radius 1 is 0.177 bits per heavy atom. The molecule has 0 saturated carbocycles. The second-order valence-electron chi connectivity index (χ2n) is 38.8. The number of rotatable bonds is 74. The second kappa shape index (κ2) is 54.0. The molecule has 10 nitrogen and oxygen atoms in total. The molecule has 124 heavy (non-hydrogen) atoms. The third-order valence-corrected chi connectivity index (χ3v) is 28.8. The van der Waals surface area contributed by atoms with Crippen molar-refractivity contribution in [3.63, 3.8) is 0 Å². The molecule has 0 aliphatic rings. The van der Waals surface area contributed by atoms with E-state index in [9.17, 15) is 0 Å². The van der Waals surface area contributed by atoms with Crippen LogP contribution in [0.5, 0.6) is 23.0 Å². The number of pyridine rings is 2. The zero-order valence-electron chi connectivity index (χ0n) is 80.0. The highest BCUT2D eigenvalue weighted by Gasteiger charge is 2.34. The third kappa shape index (κ3) is 25.9. The van der Waals surface area contributed by atoms with Crippen LogP contribution >= 0.6 is 0 Å². The molecule has 0 aliphatic carbocycles. The minimum absolute atomic E-state index is 0.213. The van der Waals surface area contributed by atoms with Crippen LogP contribution < -0.4 is 41.2 Å². The molecular formula is C114H170N2O8. The number of hydrogen-bond donors (Lipinski definition) is 0. The minimum Gasteiger partial charge on any atom is -0.490 e. The van der Waals surface area contributed by atoms with E-state index in [4.69, 9.17) is 18.9 Å². The maximum absolute atomic E-state index is 16.8. The average molecular weight is 1700 g/mol. The molecule has 0 N–H and O–H groups in total. The van der Waals surface area contributed by atoms with Gasteiger partial charge in [-0.3, -0.25) is 28.3 Å². The number of hydrogen-bond acceptors (Lipinski definition) is 8. The average Bonchev–Trinajstić information content (AvgIpc) is 0.652. The summed E-state index contributed by atoms with van der Waals surface area (Å²) in [6.45, 7) is 20.4. The van der Waals surface area contributed by atoms with Crippen molar-refractivity contribution in [3.05, 3.63) is 89.9 Å². The Labute approximate surface area is 749 Å². The van der Waals surface area contributed by atoms with Crippen molar-refractivity contribution in [1.82, 2.24) is 9.13 Å². The maximum Gasteiger partial charge on any atom is 0.261 e. The Kier molecular flexibility index (Phi) is 42.6. The Balaban J connectivity index is 1.19. The summed E-state index contributed by atoms with van der Waals surface area (Å²) in [5.41, 5.74) is -0.854. The van der Waals surface area contributed by atoms with E-state index in [-0.39, 0.29) is 34.3 Å². The van der Waals surface area contributed by atoms with Gasteiger partial charge < -0.3 is 18.9 Å². The van der Waals surface area contributed by atoms with Crippen molar-refractivity contribution in [3.8, 4) is 23.0 Å². The molecule has 9 aromatic carbocycles. The van der Waals surface area contributed by atoms with Crippen LogP contribution in [0.15, 0.2) is 67.7 Å². The number of benzene rings is 9. The summed E-state index contributed by atoms with van der Waals surface area (Å²) < 4.78 is 32.3. The molecule has 0 fully saturated rings. The Bertz CT molecular complexity index is 4490. The highest BCUT2D eigenvalue weighted by Crippen LogP contribution is 2.57. The highest BCUT2D eigenvalue weighted by atomic mass is 16.5. The van der Waals surface area contributed by atoms with E-state index in [0.29, 0.717) is 81.7 Å². The van der Waals surface area contributed by atoms with Gasteiger partial charge in [0.15, 0.2) is 23.0 Å². The monoisotopic (exact) mass is 1700 g/mol. The number of unbranched alkanes of at least 4 members (excludes halogenated alkanes) is 52. The molecule has 10 heteroatoms. The SMILES string of the molecule is CCCCCCCCCCCCOc1cc2c(cc1OCCCCCCCCCCCC)c1cc3c(=O)n(C(CCCCCCC)CCCCCCC)c(=O)c4cc5c6cc(OCCCCCCCCCCCC)c(OCCCCCCCCCCCC)cc6c6cc7c(=O)n(C(CCCCCCC)CCCCCCC)c(=O)c8cc2c2c1c(c34)c5c6c2c87. The van der Waals surface area contributed by atoms with Crippen LogP contribution in [0.25, 0.3) is 108 Å². The molecule has 0 unspecified atom stereocenters. The summed E-state index contributed by atoms with van der Waals surface area (Å²) in [6, 6.07) is 17.1. The maximum atomic E-state index is 16.8. The topological polar surface area (TPSA) is 115 Å². The summed E-state index contributed by atoms with van der Waals surface area (Å²) in [6.07, 6.45) is 73.8. The predicted molar refractivity (Wildman–Crippen MR) is 539 cm³/mol. The van der Waals surface area contributed by atoms with E-state index in [1.54, 1.807) is 9.13 Å². The molecule has 0 radical (unpaired) electrons. The molecule has 0 amide bonds. The van der Waals surface area contributed by atoms with Gasteiger partial charge in [-0.25, -0.2) is 0 Å². The Morgan fingerprint density at radius 2 is 0.339 bits per heavy atom. The van der Waals surface area contributed by atoms with Gasteiger partial charge in [0.25, 0.3) is 22.2 Å². The summed E-state index contributed by atoms with van der Waals surface area (Å²) in [4.78, 5) is 67.2. The quantitative estimate of drug-likeness (QED) is 0.0210. The van der Waals surface area contributed by atoms with Crippen molar-refractivity contribution < 1.29 is 18.9 Å². The van der Waals surface area contributed by atoms with Crippen molar-refractivity contribution in [1.29, 1.82) is 0 Å². The van der Waals surface area contributed by atoms with Crippen LogP contribution in [0.3, 0.4) is 0 Å². The van der Waals surface area contributed by atoms with Crippen LogP contribution in [-0.4, -0.2) is 35.6 Å². The van der Waals surface area contributed by atoms with Gasteiger partial charge >= 0.3 is 0 Å². The fraction of sp³-hybridized carbons (Fsp3) is 0.684. The van der Waals surface area contributed by atoms with Crippen LogP contribution in [0.4, 0.5) is 0 Å². The van der Waals surface area contributed by atoms with E-state index in [1.807, 2.05) is 0 Å². The summed E-state index contributed by atoms with van der Waals surface area (Å²) in [5.74, 6) is 2.77.